The zero-order chi connectivity index (χ0) is 15.3. The van der Waals surface area contributed by atoms with Crippen LogP contribution in [0.4, 0.5) is 4.79 Å². The maximum Gasteiger partial charge on any atom is 0.407 e. The predicted octanol–water partition coefficient (Wildman–Crippen LogP) is 0.541. The lowest BCUT2D eigenvalue weighted by Gasteiger charge is -2.39. The number of piperidine rings is 1. The van der Waals surface area contributed by atoms with Crippen molar-refractivity contribution in [3.8, 4) is 0 Å². The summed E-state index contributed by atoms with van der Waals surface area (Å²) in [5.41, 5.74) is 5.09. The van der Waals surface area contributed by atoms with E-state index in [1.54, 1.807) is 6.92 Å². The number of hydrogen-bond acceptors (Lipinski definition) is 5. The van der Waals surface area contributed by atoms with E-state index in [9.17, 15) is 9.90 Å². The zero-order valence-electron chi connectivity index (χ0n) is 13.1. The number of aliphatic hydroxyl groups is 1. The summed E-state index contributed by atoms with van der Waals surface area (Å²) in [7, 11) is 0. The number of nitrogens with two attached hydrogens (primary N) is 1. The van der Waals surface area contributed by atoms with E-state index < -0.39 is 17.8 Å². The number of hydrogen-bond donors (Lipinski definition) is 3. The van der Waals surface area contributed by atoms with Crippen molar-refractivity contribution in [2.45, 2.75) is 51.9 Å². The molecule has 3 atom stereocenters. The molecule has 0 aliphatic carbocycles. The minimum Gasteiger partial charge on any atom is -0.444 e. The first-order valence-corrected chi connectivity index (χ1v) is 7.31. The normalized spacial score (nSPS) is 26.1. The number of amides is 1. The molecule has 1 saturated heterocycles. The van der Waals surface area contributed by atoms with Crippen molar-refractivity contribution in [3.05, 3.63) is 0 Å². The highest BCUT2D eigenvalue weighted by Gasteiger charge is 2.31. The first kappa shape index (κ1) is 17.2. The Morgan fingerprint density at radius 3 is 2.65 bits per heavy atom. The number of nitrogens with one attached hydrogen (secondary N) is 1. The molecule has 0 radical (unpaired) electrons. The maximum absolute atomic E-state index is 11.8. The Hall–Kier alpha value is -0.850. The number of likely N-dealkylation sites (tertiary alicyclic amines) is 1. The van der Waals surface area contributed by atoms with Gasteiger partial charge in [-0.15, -0.1) is 0 Å². The average Bonchev–Trinajstić information content (AvgIpc) is 2.26. The second-order valence-electron chi connectivity index (χ2n) is 6.63. The largest absolute Gasteiger partial charge is 0.444 e. The Balaban J connectivity index is 2.56. The second-order valence-corrected chi connectivity index (χ2v) is 6.63. The highest BCUT2D eigenvalue weighted by atomic mass is 16.6. The maximum atomic E-state index is 11.8. The zero-order valence-corrected chi connectivity index (χ0v) is 13.1. The molecule has 1 heterocycles. The molecular formula is C14H29N3O3. The van der Waals surface area contributed by atoms with Crippen molar-refractivity contribution < 1.29 is 14.6 Å². The summed E-state index contributed by atoms with van der Waals surface area (Å²) in [6, 6.07) is -0.00949. The molecule has 1 aliphatic heterocycles. The van der Waals surface area contributed by atoms with E-state index in [2.05, 4.69) is 10.2 Å². The fraction of sp³-hybridized carbons (Fsp3) is 0.929. The Morgan fingerprint density at radius 1 is 1.50 bits per heavy atom. The summed E-state index contributed by atoms with van der Waals surface area (Å²) in [5.74, 6) is 0.148. The van der Waals surface area contributed by atoms with Crippen molar-refractivity contribution in [2.75, 3.05) is 26.2 Å². The molecule has 3 unspecified atom stereocenters. The van der Waals surface area contributed by atoms with E-state index in [0.29, 0.717) is 6.54 Å². The molecule has 0 aromatic carbocycles. The summed E-state index contributed by atoms with van der Waals surface area (Å²) < 4.78 is 5.28. The van der Waals surface area contributed by atoms with Crippen molar-refractivity contribution >= 4 is 6.09 Å². The summed E-state index contributed by atoms with van der Waals surface area (Å²) in [4.78, 5) is 14.0. The number of nitrogens with zero attached hydrogens (tertiary/aromatic N) is 1. The molecular weight excluding hydrogens is 258 g/mol. The van der Waals surface area contributed by atoms with Crippen LogP contribution in [-0.4, -0.2) is 60.0 Å². The van der Waals surface area contributed by atoms with E-state index >= 15 is 0 Å². The van der Waals surface area contributed by atoms with E-state index in [0.717, 1.165) is 26.1 Å². The third-order valence-electron chi connectivity index (χ3n) is 3.41. The van der Waals surface area contributed by atoms with Crippen LogP contribution in [0.15, 0.2) is 0 Å². The van der Waals surface area contributed by atoms with Gasteiger partial charge in [0.15, 0.2) is 0 Å². The lowest BCUT2D eigenvalue weighted by atomic mass is 9.90. The van der Waals surface area contributed by atoms with Gasteiger partial charge in [-0.05, 0) is 40.0 Å². The van der Waals surface area contributed by atoms with Crippen molar-refractivity contribution in [3.63, 3.8) is 0 Å². The minimum atomic E-state index is -0.501. The highest BCUT2D eigenvalue weighted by Crippen LogP contribution is 2.20. The lowest BCUT2D eigenvalue weighted by Crippen LogP contribution is -2.54. The Morgan fingerprint density at radius 2 is 2.15 bits per heavy atom. The van der Waals surface area contributed by atoms with Crippen LogP contribution in [0.3, 0.4) is 0 Å². The van der Waals surface area contributed by atoms with Crippen molar-refractivity contribution in [2.24, 2.45) is 11.7 Å². The number of ether oxygens (including phenoxy) is 1. The van der Waals surface area contributed by atoms with Crippen molar-refractivity contribution in [1.82, 2.24) is 10.2 Å². The van der Waals surface area contributed by atoms with Gasteiger partial charge < -0.3 is 20.9 Å². The number of rotatable bonds is 4. The molecule has 1 fully saturated rings. The molecule has 1 amide bonds. The molecule has 0 spiro atoms. The fourth-order valence-electron chi connectivity index (χ4n) is 2.53. The van der Waals surface area contributed by atoms with Crippen LogP contribution in [0, 0.1) is 5.92 Å². The van der Waals surface area contributed by atoms with Crippen LogP contribution in [0.2, 0.25) is 0 Å². The number of carbonyl (C=O) groups excluding carboxylic acids is 1. The molecule has 6 heteroatoms. The Bertz CT molecular complexity index is 315. The van der Waals surface area contributed by atoms with Gasteiger partial charge in [0.2, 0.25) is 0 Å². The van der Waals surface area contributed by atoms with E-state index in [4.69, 9.17) is 10.5 Å². The molecule has 118 valence electrons. The number of aliphatic hydroxyl groups excluding tert-OH is 1. The van der Waals surface area contributed by atoms with E-state index in [-0.39, 0.29) is 12.0 Å². The monoisotopic (exact) mass is 287 g/mol. The quantitative estimate of drug-likeness (QED) is 0.702. The number of carbonyl (C=O) groups is 1. The van der Waals surface area contributed by atoms with Crippen molar-refractivity contribution in [1.29, 1.82) is 0 Å². The molecule has 1 rings (SSSR count). The second kappa shape index (κ2) is 7.24. The van der Waals surface area contributed by atoms with E-state index in [1.807, 2.05) is 20.8 Å². The van der Waals surface area contributed by atoms with Gasteiger partial charge in [-0.25, -0.2) is 4.79 Å². The molecule has 0 aromatic heterocycles. The summed E-state index contributed by atoms with van der Waals surface area (Å²) in [5, 5.41) is 12.7. The molecule has 20 heavy (non-hydrogen) atoms. The van der Waals surface area contributed by atoms with Crippen LogP contribution in [0.25, 0.3) is 0 Å². The third kappa shape index (κ3) is 6.07. The van der Waals surface area contributed by atoms with Gasteiger partial charge in [0, 0.05) is 32.2 Å². The first-order valence-electron chi connectivity index (χ1n) is 7.31. The lowest BCUT2D eigenvalue weighted by molar-refractivity contribution is 0.0307. The SMILES string of the molecule is CC(O)C1CC(NC(=O)OC(C)(C)C)CN(CCN)C1. The Labute approximate surface area is 121 Å². The Kier molecular flexibility index (Phi) is 6.23. The fourth-order valence-corrected chi connectivity index (χ4v) is 2.53. The molecule has 0 saturated carbocycles. The highest BCUT2D eigenvalue weighted by molar-refractivity contribution is 5.68. The standard InChI is InChI=1S/C14H29N3O3/c1-10(18)11-7-12(9-17(8-11)6-5-15)16-13(19)20-14(2,3)4/h10-12,18H,5-9,15H2,1-4H3,(H,16,19). The van der Waals surface area contributed by atoms with Gasteiger partial charge in [-0.3, -0.25) is 4.90 Å². The summed E-state index contributed by atoms with van der Waals surface area (Å²) >= 11 is 0. The molecule has 0 aromatic rings. The topological polar surface area (TPSA) is 87.8 Å². The van der Waals surface area contributed by atoms with Gasteiger partial charge in [0.1, 0.15) is 5.60 Å². The molecule has 1 aliphatic rings. The molecule has 4 N–H and O–H groups in total. The van der Waals surface area contributed by atoms with Gasteiger partial charge >= 0.3 is 6.09 Å². The minimum absolute atomic E-state index is 0.00949. The van der Waals surface area contributed by atoms with Crippen LogP contribution in [0.1, 0.15) is 34.1 Å². The van der Waals surface area contributed by atoms with Crippen LogP contribution < -0.4 is 11.1 Å². The molecule has 6 nitrogen and oxygen atoms in total. The van der Waals surface area contributed by atoms with E-state index in [1.165, 1.54) is 0 Å². The van der Waals surface area contributed by atoms with Crippen LogP contribution >= 0.6 is 0 Å². The van der Waals surface area contributed by atoms with Gasteiger partial charge in [0.05, 0.1) is 6.10 Å². The van der Waals surface area contributed by atoms with Crippen LogP contribution in [0.5, 0.6) is 0 Å². The smallest absolute Gasteiger partial charge is 0.407 e. The molecule has 0 bridgehead atoms. The average molecular weight is 287 g/mol. The third-order valence-corrected chi connectivity index (χ3v) is 3.41. The predicted molar refractivity (Wildman–Crippen MR) is 78.4 cm³/mol. The summed E-state index contributed by atoms with van der Waals surface area (Å²) in [6.45, 7) is 10.2. The van der Waals surface area contributed by atoms with Gasteiger partial charge in [-0.1, -0.05) is 0 Å². The number of alkyl carbamates (subject to hydrolysis) is 1. The summed E-state index contributed by atoms with van der Waals surface area (Å²) in [6.07, 6.45) is -0.0298. The first-order chi connectivity index (χ1) is 9.21. The van der Waals surface area contributed by atoms with Crippen LogP contribution in [-0.2, 0) is 4.74 Å². The van der Waals surface area contributed by atoms with Gasteiger partial charge in [0.25, 0.3) is 0 Å². The van der Waals surface area contributed by atoms with Gasteiger partial charge in [-0.2, -0.15) is 0 Å².